The van der Waals surface area contributed by atoms with E-state index in [4.69, 9.17) is 0 Å². The summed E-state index contributed by atoms with van der Waals surface area (Å²) in [5.41, 5.74) is 0. The number of carbonyl (C=O) groups excluding carboxylic acids is 1. The molecule has 0 radical (unpaired) electrons. The molecule has 1 aromatic rings. The Morgan fingerprint density at radius 1 is 0.929 bits per heavy atom. The van der Waals surface area contributed by atoms with E-state index in [-0.39, 0.29) is 17.7 Å². The van der Waals surface area contributed by atoms with Crippen LogP contribution in [0, 0.1) is 17.0 Å². The van der Waals surface area contributed by atoms with Crippen LogP contribution in [0.25, 0.3) is 0 Å². The van der Waals surface area contributed by atoms with Gasteiger partial charge in [0.1, 0.15) is 0 Å². The molecular formula is C24H42NO2P. The van der Waals surface area contributed by atoms with Crippen molar-refractivity contribution in [2.75, 3.05) is 25.4 Å². The number of benzene rings is 1. The van der Waals surface area contributed by atoms with Crippen molar-refractivity contribution in [3.8, 4) is 0 Å². The minimum Gasteiger partial charge on any atom is -0.625 e. The molecule has 1 unspecified atom stereocenters. The zero-order valence-electron chi connectivity index (χ0n) is 18.8. The molecule has 0 heterocycles. The Morgan fingerprint density at radius 3 is 2.00 bits per heavy atom. The van der Waals surface area contributed by atoms with Crippen molar-refractivity contribution < 1.29 is 9.44 Å². The van der Waals surface area contributed by atoms with Gasteiger partial charge in [0.2, 0.25) is 0 Å². The molecule has 4 heteroatoms. The third kappa shape index (κ3) is 9.63. The maximum Gasteiger partial charge on any atom is 0.318 e. The van der Waals surface area contributed by atoms with Crippen LogP contribution < -0.4 is 5.30 Å². The highest BCUT2D eigenvalue weighted by atomic mass is 31.1. The fourth-order valence-electron chi connectivity index (χ4n) is 3.77. The average Bonchev–Trinajstić information content (AvgIpc) is 2.62. The average molecular weight is 408 g/mol. The molecule has 1 rings (SSSR count). The van der Waals surface area contributed by atoms with Gasteiger partial charge in [0.15, 0.2) is 0 Å². The van der Waals surface area contributed by atoms with Gasteiger partial charge in [0.25, 0.3) is 0 Å². The van der Waals surface area contributed by atoms with Crippen LogP contribution in [0.15, 0.2) is 30.3 Å². The Kier molecular flexibility index (Phi) is 12.2. The molecule has 0 saturated carbocycles. The highest BCUT2D eigenvalue weighted by molar-refractivity contribution is 7.66. The molecule has 0 bridgehead atoms. The Bertz CT molecular complexity index is 535. The Balaban J connectivity index is 2.81. The van der Waals surface area contributed by atoms with Gasteiger partial charge in [-0.3, -0.25) is 4.65 Å². The van der Waals surface area contributed by atoms with E-state index in [1.165, 1.54) is 37.4 Å². The Hall–Kier alpha value is -0.760. The van der Waals surface area contributed by atoms with E-state index in [1.807, 2.05) is 33.8 Å². The van der Waals surface area contributed by atoms with Crippen molar-refractivity contribution in [3.63, 3.8) is 0 Å². The Labute approximate surface area is 174 Å². The van der Waals surface area contributed by atoms with Gasteiger partial charge in [0, 0.05) is 11.8 Å². The number of hydroxylamine groups is 3. The van der Waals surface area contributed by atoms with Gasteiger partial charge in [-0.05, 0) is 17.9 Å². The third-order valence-electron chi connectivity index (χ3n) is 5.00. The summed E-state index contributed by atoms with van der Waals surface area (Å²) in [6, 6.07) is 10.4. The number of carbonyl (C=O) groups is 1. The van der Waals surface area contributed by atoms with Gasteiger partial charge in [-0.25, -0.2) is 4.79 Å². The summed E-state index contributed by atoms with van der Waals surface area (Å²) in [7, 11) is -0.599. The van der Waals surface area contributed by atoms with Crippen LogP contribution in [0.5, 0.6) is 0 Å². The number of rotatable bonds is 14. The number of hydrogen-bond donors (Lipinski definition) is 0. The van der Waals surface area contributed by atoms with Crippen molar-refractivity contribution in [2.45, 2.75) is 73.1 Å². The normalized spacial score (nSPS) is 13.3. The minimum atomic E-state index is -0.655. The van der Waals surface area contributed by atoms with E-state index in [9.17, 15) is 10.0 Å². The SMILES string of the molecule is CCCCCCCCP(CC(=O)[N+]([O-])(CC(C)C)CC(C)C)c1ccccc1. The first-order valence-corrected chi connectivity index (χ1v) is 12.9. The molecule has 0 aliphatic carbocycles. The van der Waals surface area contributed by atoms with Crippen molar-refractivity contribution in [1.29, 1.82) is 0 Å². The van der Waals surface area contributed by atoms with Crippen LogP contribution >= 0.6 is 7.92 Å². The molecule has 3 nitrogen and oxygen atoms in total. The lowest BCUT2D eigenvalue weighted by Gasteiger charge is -2.43. The van der Waals surface area contributed by atoms with E-state index in [0.29, 0.717) is 19.3 Å². The van der Waals surface area contributed by atoms with E-state index in [1.54, 1.807) is 0 Å². The monoisotopic (exact) mass is 407 g/mol. The van der Waals surface area contributed by atoms with Crippen LogP contribution in [0.3, 0.4) is 0 Å². The predicted molar refractivity (Wildman–Crippen MR) is 124 cm³/mol. The van der Waals surface area contributed by atoms with Crippen LogP contribution in [-0.4, -0.2) is 36.0 Å². The Morgan fingerprint density at radius 2 is 1.46 bits per heavy atom. The van der Waals surface area contributed by atoms with Gasteiger partial charge in [-0.2, -0.15) is 0 Å². The molecule has 0 aliphatic heterocycles. The molecule has 0 aromatic heterocycles. The first-order chi connectivity index (χ1) is 13.3. The number of hydrogen-bond acceptors (Lipinski definition) is 2. The first-order valence-electron chi connectivity index (χ1n) is 11.2. The van der Waals surface area contributed by atoms with Gasteiger partial charge < -0.3 is 5.21 Å². The smallest absolute Gasteiger partial charge is 0.318 e. The summed E-state index contributed by atoms with van der Waals surface area (Å²) in [6.07, 6.45) is 9.04. The lowest BCUT2D eigenvalue weighted by Crippen LogP contribution is -2.53. The zero-order valence-corrected chi connectivity index (χ0v) is 19.7. The number of unbranched alkanes of at least 4 members (excludes halogenated alkanes) is 5. The summed E-state index contributed by atoms with van der Waals surface area (Å²) in [5, 5.41) is 14.7. The number of nitrogens with zero attached hydrogens (tertiary/aromatic N) is 1. The van der Waals surface area contributed by atoms with Crippen molar-refractivity contribution in [3.05, 3.63) is 35.5 Å². The fraction of sp³-hybridized carbons (Fsp3) is 0.708. The zero-order chi connectivity index (χ0) is 21.0. The minimum absolute atomic E-state index is 0.108. The van der Waals surface area contributed by atoms with Crippen molar-refractivity contribution in [2.24, 2.45) is 11.8 Å². The summed E-state index contributed by atoms with van der Waals surface area (Å²) >= 11 is 0. The fourth-order valence-corrected chi connectivity index (χ4v) is 6.15. The molecule has 0 aliphatic rings. The lowest BCUT2D eigenvalue weighted by molar-refractivity contribution is -0.810. The second-order valence-electron chi connectivity index (χ2n) is 8.96. The molecule has 28 heavy (non-hydrogen) atoms. The van der Waals surface area contributed by atoms with Gasteiger partial charge in [-0.15, -0.1) is 0 Å². The lowest BCUT2D eigenvalue weighted by atomic mass is 10.1. The standard InChI is InChI=1S/C24H42NO2P/c1-6-7-8-9-10-14-17-28(23-15-12-11-13-16-23)20-24(26)25(27,18-21(2)3)19-22(4)5/h11-13,15-16,21-22H,6-10,14,17-20H2,1-5H3. The van der Waals surface area contributed by atoms with Crippen molar-refractivity contribution in [1.82, 2.24) is 0 Å². The highest BCUT2D eigenvalue weighted by Crippen LogP contribution is 2.37. The van der Waals surface area contributed by atoms with E-state index in [0.717, 1.165) is 12.6 Å². The topological polar surface area (TPSA) is 40.1 Å². The molecular weight excluding hydrogens is 365 g/mol. The quantitative estimate of drug-likeness (QED) is 0.157. The maximum atomic E-state index is 13.4. The van der Waals surface area contributed by atoms with Gasteiger partial charge in [0.05, 0.1) is 19.3 Å². The van der Waals surface area contributed by atoms with Crippen molar-refractivity contribution >= 4 is 19.1 Å². The molecule has 0 fully saturated rings. The van der Waals surface area contributed by atoms with Crippen LogP contribution in [-0.2, 0) is 4.79 Å². The second-order valence-corrected chi connectivity index (χ2v) is 11.3. The first kappa shape index (κ1) is 25.3. The predicted octanol–water partition coefficient (Wildman–Crippen LogP) is 6.31. The molecule has 1 aromatic carbocycles. The summed E-state index contributed by atoms with van der Waals surface area (Å²) < 4.78 is -0.655. The number of amides is 1. The molecule has 0 N–H and O–H groups in total. The second kappa shape index (κ2) is 13.5. The van der Waals surface area contributed by atoms with Crippen LogP contribution in [0.4, 0.5) is 0 Å². The molecule has 1 amide bonds. The van der Waals surface area contributed by atoms with Crippen LogP contribution in [0.1, 0.15) is 73.1 Å². The van der Waals surface area contributed by atoms with Crippen LogP contribution in [0.2, 0.25) is 0 Å². The van der Waals surface area contributed by atoms with Gasteiger partial charge >= 0.3 is 5.91 Å². The molecule has 0 spiro atoms. The molecule has 160 valence electrons. The number of quaternary nitrogens is 1. The summed E-state index contributed by atoms with van der Waals surface area (Å²) in [4.78, 5) is 13.2. The van der Waals surface area contributed by atoms with E-state index in [2.05, 4.69) is 31.2 Å². The molecule has 1 atom stereocenters. The van der Waals surface area contributed by atoms with E-state index >= 15 is 0 Å². The van der Waals surface area contributed by atoms with Gasteiger partial charge in [-0.1, -0.05) is 105 Å². The van der Waals surface area contributed by atoms with E-state index < -0.39 is 12.6 Å². The molecule has 0 saturated heterocycles. The summed E-state index contributed by atoms with van der Waals surface area (Å²) in [5.74, 6) is 0.340. The largest absolute Gasteiger partial charge is 0.625 e. The summed E-state index contributed by atoms with van der Waals surface area (Å²) in [6.45, 7) is 11.2. The maximum absolute atomic E-state index is 13.4. The third-order valence-corrected chi connectivity index (χ3v) is 7.54. The highest BCUT2D eigenvalue weighted by Gasteiger charge is 2.31.